The predicted molar refractivity (Wildman–Crippen MR) is 115 cm³/mol. The van der Waals surface area contributed by atoms with Crippen molar-refractivity contribution in [3.8, 4) is 11.5 Å². The van der Waals surface area contributed by atoms with Crippen molar-refractivity contribution >= 4 is 11.8 Å². The highest BCUT2D eigenvalue weighted by atomic mass is 16.6. The van der Waals surface area contributed by atoms with Crippen molar-refractivity contribution < 1.29 is 23.4 Å². The molecule has 0 bridgehead atoms. The maximum Gasteiger partial charge on any atom is 0.330 e. The Hall–Kier alpha value is -3.63. The number of ether oxygens (including phenoxy) is 4. The van der Waals surface area contributed by atoms with E-state index in [-0.39, 0.29) is 12.1 Å². The van der Waals surface area contributed by atoms with Crippen LogP contribution in [0, 0.1) is 0 Å². The zero-order valence-electron chi connectivity index (χ0n) is 17.3. The Morgan fingerprint density at radius 2 is 2.19 bits per heavy atom. The van der Waals surface area contributed by atoms with Gasteiger partial charge in [-0.25, -0.2) is 9.88 Å². The summed E-state index contributed by atoms with van der Waals surface area (Å²) in [4.78, 5) is 6.19. The van der Waals surface area contributed by atoms with E-state index < -0.39 is 0 Å². The van der Waals surface area contributed by atoms with E-state index in [1.807, 2.05) is 24.3 Å². The third-order valence-electron chi connectivity index (χ3n) is 5.02. The zero-order chi connectivity index (χ0) is 21.6. The lowest BCUT2D eigenvalue weighted by molar-refractivity contribution is -0.0819. The van der Waals surface area contributed by atoms with E-state index in [2.05, 4.69) is 26.6 Å². The van der Waals surface area contributed by atoms with Gasteiger partial charge in [0.15, 0.2) is 6.26 Å². The third kappa shape index (κ3) is 4.51. The van der Waals surface area contributed by atoms with Gasteiger partial charge in [-0.15, -0.1) is 5.10 Å². The van der Waals surface area contributed by atoms with E-state index in [9.17, 15) is 0 Å². The number of hydrogen-bond donors (Lipinski definition) is 1. The Morgan fingerprint density at radius 1 is 1.19 bits per heavy atom. The molecule has 1 fully saturated rings. The number of hydrogen-bond acceptors (Lipinski definition) is 10. The molecule has 5 rings (SSSR count). The number of pyridine rings is 1. The fourth-order valence-corrected chi connectivity index (χ4v) is 3.49. The number of nitrogens with zero attached hydrogens (tertiary/aromatic N) is 4. The lowest BCUT2D eigenvalue weighted by atomic mass is 10.1. The Bertz CT molecular complexity index is 1050. The van der Waals surface area contributed by atoms with Crippen molar-refractivity contribution in [3.05, 3.63) is 66.9 Å². The van der Waals surface area contributed by atoms with Crippen LogP contribution in [0.1, 0.15) is 12.8 Å². The van der Waals surface area contributed by atoms with Gasteiger partial charge in [-0.05, 0) is 31.1 Å². The predicted octanol–water partition coefficient (Wildman–Crippen LogP) is 3.32. The van der Waals surface area contributed by atoms with Crippen molar-refractivity contribution in [1.29, 1.82) is 0 Å². The summed E-state index contributed by atoms with van der Waals surface area (Å²) in [5.41, 5.74) is 1.64. The third-order valence-corrected chi connectivity index (χ3v) is 5.02. The van der Waals surface area contributed by atoms with Gasteiger partial charge in [0.25, 0.3) is 5.89 Å². The van der Waals surface area contributed by atoms with Crippen molar-refractivity contribution in [2.24, 2.45) is 0 Å². The molecule has 2 aromatic rings. The number of allylic oxidation sites excluding steroid dienone is 4. The molecule has 1 saturated heterocycles. The van der Waals surface area contributed by atoms with Gasteiger partial charge in [-0.3, -0.25) is 0 Å². The largest absolute Gasteiger partial charge is 0.464 e. The van der Waals surface area contributed by atoms with Crippen LogP contribution in [0.4, 0.5) is 11.8 Å². The van der Waals surface area contributed by atoms with Crippen molar-refractivity contribution in [1.82, 2.24) is 15.2 Å². The summed E-state index contributed by atoms with van der Waals surface area (Å²) in [6.45, 7) is 2.32. The Labute approximate surface area is 184 Å². The summed E-state index contributed by atoms with van der Waals surface area (Å²) in [5.74, 6) is 1.40. The summed E-state index contributed by atoms with van der Waals surface area (Å²) < 4.78 is 28.1. The minimum atomic E-state index is -0.0397. The SMILES string of the molecule is C1=CCCC(N(C2=COC=CO2)c2nnc(-c3cccnc3NCC3COCCO3)o2)=C1. The molecule has 10 nitrogen and oxygen atoms in total. The number of nitrogens with one attached hydrogen (secondary N) is 1. The van der Waals surface area contributed by atoms with Gasteiger partial charge in [0.2, 0.25) is 5.88 Å². The average molecular weight is 437 g/mol. The lowest BCUT2D eigenvalue weighted by Gasteiger charge is -2.25. The minimum absolute atomic E-state index is 0.0397. The molecule has 0 amide bonds. The molecular weight excluding hydrogens is 414 g/mol. The molecule has 2 aliphatic heterocycles. The first-order valence-electron chi connectivity index (χ1n) is 10.4. The summed E-state index contributed by atoms with van der Waals surface area (Å²) in [5, 5.41) is 11.9. The van der Waals surface area contributed by atoms with Gasteiger partial charge in [0.05, 0.1) is 31.5 Å². The fraction of sp³-hybridized carbons (Fsp3) is 0.318. The summed E-state index contributed by atoms with van der Waals surface area (Å²) in [7, 11) is 0. The standard InChI is InChI=1S/C22H23N5O5/c1-2-5-16(6-3-1)27(19-15-29-10-12-31-19)22-26-25-21(32-22)18-7-4-8-23-20(18)24-13-17-14-28-9-11-30-17/h1-2,4-5,7-8,10,12,15,17H,3,6,9,11,13-14H2,(H,23,24). The maximum atomic E-state index is 6.07. The van der Waals surface area contributed by atoms with Gasteiger partial charge in [-0.1, -0.05) is 17.3 Å². The quantitative estimate of drug-likeness (QED) is 0.694. The van der Waals surface area contributed by atoms with E-state index in [0.717, 1.165) is 18.5 Å². The highest BCUT2D eigenvalue weighted by Crippen LogP contribution is 2.33. The average Bonchev–Trinajstić information content (AvgIpc) is 3.34. The molecular formula is C22H23N5O5. The van der Waals surface area contributed by atoms with Gasteiger partial charge in [0.1, 0.15) is 18.3 Å². The maximum absolute atomic E-state index is 6.07. The smallest absolute Gasteiger partial charge is 0.330 e. The highest BCUT2D eigenvalue weighted by Gasteiger charge is 2.26. The molecule has 1 atom stereocenters. The van der Waals surface area contributed by atoms with Crippen molar-refractivity contribution in [2.45, 2.75) is 18.9 Å². The van der Waals surface area contributed by atoms with Gasteiger partial charge < -0.3 is 28.7 Å². The second kappa shape index (κ2) is 9.67. The first-order chi connectivity index (χ1) is 15.9. The van der Waals surface area contributed by atoms with E-state index >= 15 is 0 Å². The molecule has 2 aromatic heterocycles. The van der Waals surface area contributed by atoms with Gasteiger partial charge >= 0.3 is 6.01 Å². The molecule has 0 saturated carbocycles. The molecule has 10 heteroatoms. The second-order valence-electron chi connectivity index (χ2n) is 7.18. The Balaban J connectivity index is 1.40. The lowest BCUT2D eigenvalue weighted by Crippen LogP contribution is -2.34. The molecule has 1 aliphatic carbocycles. The van der Waals surface area contributed by atoms with Crippen LogP contribution in [0.3, 0.4) is 0 Å². The van der Waals surface area contributed by atoms with Gasteiger partial charge in [-0.2, -0.15) is 0 Å². The normalized spacial score (nSPS) is 20.1. The van der Waals surface area contributed by atoms with E-state index in [0.29, 0.717) is 49.5 Å². The van der Waals surface area contributed by atoms with Crippen LogP contribution in [0.15, 0.2) is 71.3 Å². The van der Waals surface area contributed by atoms with Crippen LogP contribution in [0.5, 0.6) is 0 Å². The molecule has 166 valence electrons. The number of rotatable bonds is 7. The molecule has 3 aliphatic rings. The monoisotopic (exact) mass is 437 g/mol. The summed E-state index contributed by atoms with van der Waals surface area (Å²) >= 11 is 0. The molecule has 0 aromatic carbocycles. The first-order valence-corrected chi connectivity index (χ1v) is 10.4. The minimum Gasteiger partial charge on any atom is -0.464 e. The van der Waals surface area contributed by atoms with Crippen molar-refractivity contribution in [3.63, 3.8) is 0 Å². The Kier molecular flexibility index (Phi) is 6.13. The van der Waals surface area contributed by atoms with Crippen LogP contribution in [-0.4, -0.2) is 47.7 Å². The Morgan fingerprint density at radius 3 is 3.00 bits per heavy atom. The molecule has 1 N–H and O–H groups in total. The van der Waals surface area contributed by atoms with Crippen LogP contribution in [0.25, 0.3) is 11.5 Å². The van der Waals surface area contributed by atoms with E-state index in [1.165, 1.54) is 18.8 Å². The second-order valence-corrected chi connectivity index (χ2v) is 7.18. The topological polar surface area (TPSA) is 104 Å². The fourth-order valence-electron chi connectivity index (χ4n) is 3.49. The molecule has 1 unspecified atom stereocenters. The highest BCUT2D eigenvalue weighted by molar-refractivity contribution is 5.69. The molecule has 32 heavy (non-hydrogen) atoms. The summed E-state index contributed by atoms with van der Waals surface area (Å²) in [6.07, 6.45) is 13.8. The van der Waals surface area contributed by atoms with Crippen LogP contribution < -0.4 is 10.2 Å². The number of anilines is 2. The zero-order valence-corrected chi connectivity index (χ0v) is 17.3. The molecule has 0 spiro atoms. The van der Waals surface area contributed by atoms with E-state index in [4.69, 9.17) is 23.4 Å². The first kappa shape index (κ1) is 20.3. The molecule has 4 heterocycles. The molecule has 0 radical (unpaired) electrons. The number of aromatic nitrogens is 3. The van der Waals surface area contributed by atoms with Crippen molar-refractivity contribution in [2.75, 3.05) is 36.6 Å². The summed E-state index contributed by atoms with van der Waals surface area (Å²) in [6, 6.07) is 3.97. The van der Waals surface area contributed by atoms with Crippen LogP contribution in [-0.2, 0) is 18.9 Å². The van der Waals surface area contributed by atoms with Crippen LogP contribution >= 0.6 is 0 Å². The van der Waals surface area contributed by atoms with Crippen LogP contribution in [0.2, 0.25) is 0 Å². The van der Waals surface area contributed by atoms with Gasteiger partial charge in [0, 0.05) is 18.4 Å². The van der Waals surface area contributed by atoms with E-state index in [1.54, 1.807) is 11.1 Å².